The second-order valence-corrected chi connectivity index (χ2v) is 4.20. The highest BCUT2D eigenvalue weighted by Crippen LogP contribution is 2.22. The lowest BCUT2D eigenvalue weighted by Gasteiger charge is -2.07. The van der Waals surface area contributed by atoms with Crippen LogP contribution < -0.4 is 5.32 Å². The lowest BCUT2D eigenvalue weighted by molar-refractivity contribution is 0.831. The number of nitrogens with zero attached hydrogens (tertiary/aromatic N) is 3. The summed E-state index contributed by atoms with van der Waals surface area (Å²) in [7, 11) is 0. The van der Waals surface area contributed by atoms with Gasteiger partial charge in [-0.25, -0.2) is 9.67 Å². The molecule has 0 saturated heterocycles. The maximum atomic E-state index is 6.13. The number of hydrogen-bond donors (Lipinski definition) is 1. The minimum Gasteiger partial charge on any atom is -0.370 e. The molecule has 0 fully saturated rings. The Morgan fingerprint density at radius 1 is 1.41 bits per heavy atom. The van der Waals surface area contributed by atoms with Crippen molar-refractivity contribution in [3.8, 4) is 5.69 Å². The largest absolute Gasteiger partial charge is 0.370 e. The molecule has 0 atom stereocenters. The molecule has 4 nitrogen and oxygen atoms in total. The number of nitrogens with one attached hydrogen (secondary N) is 1. The van der Waals surface area contributed by atoms with Gasteiger partial charge in [-0.2, -0.15) is 5.10 Å². The van der Waals surface area contributed by atoms with Crippen molar-refractivity contribution in [3.63, 3.8) is 0 Å². The van der Waals surface area contributed by atoms with Crippen LogP contribution >= 0.6 is 11.6 Å². The summed E-state index contributed by atoms with van der Waals surface area (Å²) in [6.07, 6.45) is 1.76. The van der Waals surface area contributed by atoms with Crippen molar-refractivity contribution in [2.24, 2.45) is 0 Å². The molecular weight excluding hydrogens is 236 g/mol. The first kappa shape index (κ1) is 11.9. The molecule has 0 spiro atoms. The normalized spacial score (nSPS) is 10.6. The molecule has 1 N–H and O–H groups in total. The van der Waals surface area contributed by atoms with E-state index in [0.29, 0.717) is 5.02 Å². The molecule has 0 bridgehead atoms. The first-order valence-corrected chi connectivity index (χ1v) is 5.93. The highest BCUT2D eigenvalue weighted by Gasteiger charge is 2.10. The maximum absolute atomic E-state index is 6.13. The summed E-state index contributed by atoms with van der Waals surface area (Å²) in [5.41, 5.74) is 2.74. The molecule has 2 aromatic rings. The zero-order chi connectivity index (χ0) is 12.4. The van der Waals surface area contributed by atoms with Crippen LogP contribution in [0.15, 0.2) is 18.3 Å². The van der Waals surface area contributed by atoms with Gasteiger partial charge >= 0.3 is 0 Å². The Bertz CT molecular complexity index is 533. The Labute approximate surface area is 106 Å². The molecule has 0 aliphatic heterocycles. The molecule has 5 heteroatoms. The summed E-state index contributed by atoms with van der Waals surface area (Å²) in [5, 5.41) is 8.30. The Kier molecular flexibility index (Phi) is 3.33. The van der Waals surface area contributed by atoms with Gasteiger partial charge in [-0.05, 0) is 26.8 Å². The SMILES string of the molecule is CCNc1cc(-n2nc(C)c(Cl)c2C)ccn1. The van der Waals surface area contributed by atoms with Gasteiger partial charge in [0.25, 0.3) is 0 Å². The Hall–Kier alpha value is -1.55. The fourth-order valence-corrected chi connectivity index (χ4v) is 1.82. The maximum Gasteiger partial charge on any atom is 0.128 e. The van der Waals surface area contributed by atoms with E-state index >= 15 is 0 Å². The van der Waals surface area contributed by atoms with Crippen molar-refractivity contribution >= 4 is 17.4 Å². The second-order valence-electron chi connectivity index (χ2n) is 3.83. The van der Waals surface area contributed by atoms with Crippen molar-refractivity contribution in [2.75, 3.05) is 11.9 Å². The first-order chi connectivity index (χ1) is 8.13. The molecule has 2 aromatic heterocycles. The molecule has 0 amide bonds. The third-order valence-corrected chi connectivity index (χ3v) is 3.10. The fraction of sp³-hybridized carbons (Fsp3) is 0.333. The molecular formula is C12H15ClN4. The van der Waals surface area contributed by atoms with Crippen LogP contribution in [-0.2, 0) is 0 Å². The van der Waals surface area contributed by atoms with E-state index in [0.717, 1.165) is 29.4 Å². The van der Waals surface area contributed by atoms with Crippen LogP contribution in [0.1, 0.15) is 18.3 Å². The summed E-state index contributed by atoms with van der Waals surface area (Å²) in [5.74, 6) is 0.841. The molecule has 0 aliphatic carbocycles. The van der Waals surface area contributed by atoms with Crippen LogP contribution in [0.5, 0.6) is 0 Å². The number of aromatic nitrogens is 3. The van der Waals surface area contributed by atoms with E-state index in [2.05, 4.69) is 15.4 Å². The van der Waals surface area contributed by atoms with Crippen molar-refractivity contribution in [3.05, 3.63) is 34.7 Å². The van der Waals surface area contributed by atoms with E-state index in [4.69, 9.17) is 11.6 Å². The average Bonchev–Trinajstić information content (AvgIpc) is 2.58. The number of aryl methyl sites for hydroxylation is 1. The monoisotopic (exact) mass is 250 g/mol. The van der Waals surface area contributed by atoms with E-state index < -0.39 is 0 Å². The van der Waals surface area contributed by atoms with E-state index in [-0.39, 0.29) is 0 Å². The predicted octanol–water partition coefficient (Wildman–Crippen LogP) is 2.97. The summed E-state index contributed by atoms with van der Waals surface area (Å²) < 4.78 is 1.83. The van der Waals surface area contributed by atoms with Gasteiger partial charge in [-0.15, -0.1) is 0 Å². The van der Waals surface area contributed by atoms with Gasteiger partial charge in [0, 0.05) is 18.8 Å². The molecule has 17 heavy (non-hydrogen) atoms. The molecule has 0 aromatic carbocycles. The molecule has 0 unspecified atom stereocenters. The van der Waals surface area contributed by atoms with E-state index in [9.17, 15) is 0 Å². The van der Waals surface area contributed by atoms with Crippen LogP contribution in [0, 0.1) is 13.8 Å². The van der Waals surface area contributed by atoms with Crippen molar-refractivity contribution < 1.29 is 0 Å². The van der Waals surface area contributed by atoms with Crippen molar-refractivity contribution in [1.82, 2.24) is 14.8 Å². The van der Waals surface area contributed by atoms with Crippen molar-refractivity contribution in [2.45, 2.75) is 20.8 Å². The third kappa shape index (κ3) is 2.26. The summed E-state index contributed by atoms with van der Waals surface area (Å²) in [6, 6.07) is 3.87. The Morgan fingerprint density at radius 3 is 2.76 bits per heavy atom. The van der Waals surface area contributed by atoms with Crippen LogP contribution in [0.4, 0.5) is 5.82 Å². The smallest absolute Gasteiger partial charge is 0.128 e. The molecule has 2 heterocycles. The predicted molar refractivity (Wildman–Crippen MR) is 70.0 cm³/mol. The van der Waals surface area contributed by atoms with Gasteiger partial charge in [0.1, 0.15) is 5.82 Å². The molecule has 90 valence electrons. The van der Waals surface area contributed by atoms with Crippen LogP contribution in [0.3, 0.4) is 0 Å². The lowest BCUT2D eigenvalue weighted by atomic mass is 10.3. The number of pyridine rings is 1. The Balaban J connectivity index is 2.45. The van der Waals surface area contributed by atoms with Crippen molar-refractivity contribution in [1.29, 1.82) is 0 Å². The standard InChI is InChI=1S/C12H15ClN4/c1-4-14-11-7-10(5-6-15-11)17-9(3)12(13)8(2)16-17/h5-7H,4H2,1-3H3,(H,14,15). The van der Waals surface area contributed by atoms with Gasteiger partial charge in [-0.3, -0.25) is 0 Å². The minimum atomic E-state index is 0.715. The van der Waals surface area contributed by atoms with Gasteiger partial charge in [-0.1, -0.05) is 11.6 Å². The second kappa shape index (κ2) is 4.75. The number of rotatable bonds is 3. The van der Waals surface area contributed by atoms with E-state index in [1.54, 1.807) is 6.20 Å². The molecule has 0 aliphatic rings. The Morgan fingerprint density at radius 2 is 2.18 bits per heavy atom. The molecule has 0 radical (unpaired) electrons. The van der Waals surface area contributed by atoms with Gasteiger partial charge in [0.2, 0.25) is 0 Å². The number of hydrogen-bond acceptors (Lipinski definition) is 3. The zero-order valence-electron chi connectivity index (χ0n) is 10.2. The van der Waals surface area contributed by atoms with Crippen LogP contribution in [-0.4, -0.2) is 21.3 Å². The first-order valence-electron chi connectivity index (χ1n) is 5.55. The summed E-state index contributed by atoms with van der Waals surface area (Å²) in [4.78, 5) is 4.23. The minimum absolute atomic E-state index is 0.715. The van der Waals surface area contributed by atoms with E-state index in [1.807, 2.05) is 37.6 Å². The van der Waals surface area contributed by atoms with Gasteiger partial charge in [0.15, 0.2) is 0 Å². The topological polar surface area (TPSA) is 42.7 Å². The van der Waals surface area contributed by atoms with E-state index in [1.165, 1.54) is 0 Å². The summed E-state index contributed by atoms with van der Waals surface area (Å²) in [6.45, 7) is 6.73. The van der Waals surface area contributed by atoms with Gasteiger partial charge in [0.05, 0.1) is 22.1 Å². The number of halogens is 1. The van der Waals surface area contributed by atoms with Crippen LogP contribution in [0.25, 0.3) is 5.69 Å². The molecule has 0 saturated carbocycles. The quantitative estimate of drug-likeness (QED) is 0.911. The number of anilines is 1. The highest BCUT2D eigenvalue weighted by atomic mass is 35.5. The van der Waals surface area contributed by atoms with Crippen LogP contribution in [0.2, 0.25) is 5.02 Å². The average molecular weight is 251 g/mol. The highest BCUT2D eigenvalue weighted by molar-refractivity contribution is 6.31. The van der Waals surface area contributed by atoms with Gasteiger partial charge < -0.3 is 5.32 Å². The summed E-state index contributed by atoms with van der Waals surface area (Å²) >= 11 is 6.13. The third-order valence-electron chi connectivity index (χ3n) is 2.55. The zero-order valence-corrected chi connectivity index (χ0v) is 10.9. The fourth-order valence-electron chi connectivity index (χ4n) is 1.70. The molecule has 2 rings (SSSR count). The lowest BCUT2D eigenvalue weighted by Crippen LogP contribution is -2.03.